The maximum Gasteiger partial charge on any atom is 0.161 e. The van der Waals surface area contributed by atoms with Gasteiger partial charge in [0.1, 0.15) is 11.5 Å². The number of hydrogen-bond donors (Lipinski definition) is 0. The van der Waals surface area contributed by atoms with Crippen LogP contribution >= 0.6 is 0 Å². The van der Waals surface area contributed by atoms with Crippen LogP contribution in [0.3, 0.4) is 0 Å². The Morgan fingerprint density at radius 2 is 1.88 bits per heavy atom. The van der Waals surface area contributed by atoms with E-state index in [-0.39, 0.29) is 12.4 Å². The minimum Gasteiger partial charge on any atom is -0.493 e. The lowest BCUT2D eigenvalue weighted by atomic mass is 10.1. The van der Waals surface area contributed by atoms with Gasteiger partial charge in [-0.05, 0) is 24.3 Å². The fraction of sp³-hybridized carbons (Fsp3) is 0.158. The normalized spacial score (nSPS) is 10.5. The largest absolute Gasteiger partial charge is 0.493 e. The Hall–Kier alpha value is -3.15. The lowest BCUT2D eigenvalue weighted by Crippen LogP contribution is -2.02. The van der Waals surface area contributed by atoms with Crippen molar-refractivity contribution in [2.75, 3.05) is 14.2 Å². The molecule has 0 bridgehead atoms. The van der Waals surface area contributed by atoms with Crippen molar-refractivity contribution in [3.63, 3.8) is 0 Å². The number of benzene rings is 2. The zero-order valence-corrected chi connectivity index (χ0v) is 13.9. The second kappa shape index (κ2) is 7.17. The second-order valence-corrected chi connectivity index (χ2v) is 5.41. The van der Waals surface area contributed by atoms with Gasteiger partial charge in [-0.25, -0.2) is 4.39 Å². The number of rotatable bonds is 6. The first-order chi connectivity index (χ1) is 12.2. The summed E-state index contributed by atoms with van der Waals surface area (Å²) < 4.78 is 25.9. The number of methoxy groups -OCH3 is 2. The van der Waals surface area contributed by atoms with Crippen LogP contribution in [0.4, 0.5) is 4.39 Å². The molecule has 0 spiro atoms. The molecule has 0 aliphatic carbocycles. The molecule has 0 amide bonds. The van der Waals surface area contributed by atoms with Crippen molar-refractivity contribution in [1.82, 2.24) is 9.78 Å². The molecule has 0 atom stereocenters. The van der Waals surface area contributed by atoms with Crippen molar-refractivity contribution >= 4 is 6.29 Å². The lowest BCUT2D eigenvalue weighted by Gasteiger charge is -2.08. The third-order valence-electron chi connectivity index (χ3n) is 3.86. The van der Waals surface area contributed by atoms with E-state index in [0.717, 1.165) is 6.29 Å². The average Bonchev–Trinajstić information content (AvgIpc) is 3.06. The minimum absolute atomic E-state index is 0.237. The van der Waals surface area contributed by atoms with Crippen molar-refractivity contribution in [3.05, 3.63) is 65.6 Å². The maximum atomic E-state index is 13.8. The summed E-state index contributed by atoms with van der Waals surface area (Å²) >= 11 is 0. The van der Waals surface area contributed by atoms with E-state index in [1.165, 1.54) is 6.07 Å². The number of aldehydes is 1. The van der Waals surface area contributed by atoms with Gasteiger partial charge in [0.15, 0.2) is 17.8 Å². The average molecular weight is 340 g/mol. The first-order valence-corrected chi connectivity index (χ1v) is 7.64. The van der Waals surface area contributed by atoms with Crippen LogP contribution in [0.5, 0.6) is 11.5 Å². The minimum atomic E-state index is -0.307. The fourth-order valence-electron chi connectivity index (χ4n) is 2.61. The molecule has 5 nitrogen and oxygen atoms in total. The van der Waals surface area contributed by atoms with Crippen LogP contribution in [0, 0.1) is 5.82 Å². The van der Waals surface area contributed by atoms with Crippen molar-refractivity contribution in [2.45, 2.75) is 6.54 Å². The van der Waals surface area contributed by atoms with Gasteiger partial charge in [0.2, 0.25) is 0 Å². The van der Waals surface area contributed by atoms with Crippen LogP contribution in [-0.2, 0) is 6.54 Å². The van der Waals surface area contributed by atoms with Crippen LogP contribution in [-0.4, -0.2) is 30.3 Å². The number of hydrogen-bond acceptors (Lipinski definition) is 4. The molecule has 128 valence electrons. The maximum absolute atomic E-state index is 13.8. The zero-order chi connectivity index (χ0) is 17.8. The molecule has 0 radical (unpaired) electrons. The monoisotopic (exact) mass is 340 g/mol. The smallest absolute Gasteiger partial charge is 0.161 e. The first kappa shape index (κ1) is 16.7. The van der Waals surface area contributed by atoms with Crippen LogP contribution in [0.2, 0.25) is 0 Å². The van der Waals surface area contributed by atoms with Gasteiger partial charge in [0.25, 0.3) is 0 Å². The Morgan fingerprint density at radius 3 is 2.56 bits per heavy atom. The summed E-state index contributed by atoms with van der Waals surface area (Å²) in [6.07, 6.45) is 2.34. The van der Waals surface area contributed by atoms with E-state index in [1.54, 1.807) is 61.5 Å². The summed E-state index contributed by atoms with van der Waals surface area (Å²) in [6, 6.07) is 11.8. The SMILES string of the molecule is COc1ccc(-c2nn(Cc3ccccc3F)cc2C=O)cc1OC. The van der Waals surface area contributed by atoms with Gasteiger partial charge in [0, 0.05) is 17.3 Å². The number of nitrogens with zero attached hydrogens (tertiary/aromatic N) is 2. The lowest BCUT2D eigenvalue weighted by molar-refractivity contribution is 0.112. The topological polar surface area (TPSA) is 53.4 Å². The molecule has 0 aliphatic rings. The molecule has 2 aromatic carbocycles. The summed E-state index contributed by atoms with van der Waals surface area (Å²) in [5.41, 5.74) is 2.14. The molecule has 25 heavy (non-hydrogen) atoms. The molecular formula is C19H17FN2O3. The summed E-state index contributed by atoms with van der Waals surface area (Å²) in [6.45, 7) is 0.237. The molecule has 1 aromatic heterocycles. The van der Waals surface area contributed by atoms with Crippen molar-refractivity contribution in [1.29, 1.82) is 0 Å². The molecule has 0 N–H and O–H groups in total. The molecular weight excluding hydrogens is 323 g/mol. The third-order valence-corrected chi connectivity index (χ3v) is 3.86. The van der Waals surface area contributed by atoms with Gasteiger partial charge in [-0.2, -0.15) is 5.10 Å². The molecule has 0 saturated carbocycles. The zero-order valence-electron chi connectivity index (χ0n) is 13.9. The number of halogens is 1. The van der Waals surface area contributed by atoms with E-state index >= 15 is 0 Å². The highest BCUT2D eigenvalue weighted by molar-refractivity contribution is 5.85. The summed E-state index contributed by atoms with van der Waals surface area (Å²) in [5.74, 6) is 0.823. The van der Waals surface area contributed by atoms with E-state index in [9.17, 15) is 9.18 Å². The highest BCUT2D eigenvalue weighted by Crippen LogP contribution is 2.32. The van der Waals surface area contributed by atoms with Gasteiger partial charge in [0.05, 0.1) is 26.3 Å². The van der Waals surface area contributed by atoms with Gasteiger partial charge in [-0.1, -0.05) is 18.2 Å². The molecule has 1 heterocycles. The van der Waals surface area contributed by atoms with Crippen LogP contribution in [0.1, 0.15) is 15.9 Å². The Morgan fingerprint density at radius 1 is 1.12 bits per heavy atom. The van der Waals surface area contributed by atoms with Gasteiger partial charge in [-0.15, -0.1) is 0 Å². The molecule has 3 aromatic rings. The van der Waals surface area contributed by atoms with E-state index in [2.05, 4.69) is 5.10 Å². The number of ether oxygens (including phenoxy) is 2. The summed E-state index contributed by atoms with van der Waals surface area (Å²) in [5, 5.41) is 4.44. The van der Waals surface area contributed by atoms with E-state index in [4.69, 9.17) is 9.47 Å². The molecule has 3 rings (SSSR count). The van der Waals surface area contributed by atoms with Crippen LogP contribution in [0.15, 0.2) is 48.7 Å². The van der Waals surface area contributed by atoms with E-state index in [0.29, 0.717) is 33.9 Å². The highest BCUT2D eigenvalue weighted by atomic mass is 19.1. The Kier molecular flexibility index (Phi) is 4.79. The molecule has 0 aliphatic heterocycles. The standard InChI is InChI=1S/C19H17FN2O3/c1-24-17-8-7-13(9-18(17)25-2)19-15(12-23)11-22(21-19)10-14-5-3-4-6-16(14)20/h3-9,11-12H,10H2,1-2H3. The summed E-state index contributed by atoms with van der Waals surface area (Å²) in [4.78, 5) is 11.4. The van der Waals surface area contributed by atoms with Crippen molar-refractivity contribution < 1.29 is 18.7 Å². The molecule has 0 unspecified atom stereocenters. The van der Waals surface area contributed by atoms with Crippen LogP contribution in [0.25, 0.3) is 11.3 Å². The van der Waals surface area contributed by atoms with Gasteiger partial charge in [-0.3, -0.25) is 9.48 Å². The highest BCUT2D eigenvalue weighted by Gasteiger charge is 2.14. The first-order valence-electron chi connectivity index (χ1n) is 7.64. The molecule has 0 saturated heterocycles. The Bertz CT molecular complexity index is 905. The van der Waals surface area contributed by atoms with Crippen molar-refractivity contribution in [3.8, 4) is 22.8 Å². The van der Waals surface area contributed by atoms with Crippen LogP contribution < -0.4 is 9.47 Å². The van der Waals surface area contributed by atoms with Gasteiger partial charge < -0.3 is 9.47 Å². The number of aromatic nitrogens is 2. The Balaban J connectivity index is 1.99. The molecule has 6 heteroatoms. The number of carbonyl (C=O) groups is 1. The number of carbonyl (C=O) groups excluding carboxylic acids is 1. The second-order valence-electron chi connectivity index (χ2n) is 5.41. The Labute approximate surface area is 144 Å². The van der Waals surface area contributed by atoms with Crippen molar-refractivity contribution in [2.24, 2.45) is 0 Å². The predicted molar refractivity (Wildman–Crippen MR) is 91.7 cm³/mol. The van der Waals surface area contributed by atoms with E-state index in [1.807, 2.05) is 0 Å². The fourth-order valence-corrected chi connectivity index (χ4v) is 2.61. The summed E-state index contributed by atoms with van der Waals surface area (Å²) in [7, 11) is 3.09. The van der Waals surface area contributed by atoms with E-state index < -0.39 is 0 Å². The predicted octanol–water partition coefficient (Wildman–Crippen LogP) is 3.57. The quantitative estimate of drug-likeness (QED) is 0.644. The van der Waals surface area contributed by atoms with Gasteiger partial charge >= 0.3 is 0 Å². The molecule has 0 fully saturated rings. The third kappa shape index (κ3) is 3.38.